The van der Waals surface area contributed by atoms with Crippen LogP contribution in [0.1, 0.15) is 45.3 Å². The van der Waals surface area contributed by atoms with Crippen molar-refractivity contribution in [3.8, 4) is 0 Å². The Morgan fingerprint density at radius 3 is 2.59 bits per heavy atom. The summed E-state index contributed by atoms with van der Waals surface area (Å²) in [5.41, 5.74) is 5.91. The van der Waals surface area contributed by atoms with Crippen LogP contribution in [-0.4, -0.2) is 38.3 Å². The average Bonchev–Trinajstić information content (AvgIpc) is 2.57. The van der Waals surface area contributed by atoms with E-state index in [1.807, 2.05) is 0 Å². The van der Waals surface area contributed by atoms with E-state index in [0.29, 0.717) is 5.92 Å². The smallest absolute Gasteiger partial charge is 0.147 e. The van der Waals surface area contributed by atoms with Crippen LogP contribution in [0.2, 0.25) is 0 Å². The lowest BCUT2D eigenvalue weighted by Crippen LogP contribution is -2.47. The van der Waals surface area contributed by atoms with Crippen molar-refractivity contribution in [3.05, 3.63) is 11.6 Å². The Hall–Kier alpha value is -0.940. The average molecular weight is 237 g/mol. The summed E-state index contributed by atoms with van der Waals surface area (Å²) in [5.74, 6) is 2.62. The number of nitrogens with two attached hydrogens (primary N) is 1. The van der Waals surface area contributed by atoms with Crippen molar-refractivity contribution < 1.29 is 0 Å². The molecular weight excluding hydrogens is 214 g/mol. The van der Waals surface area contributed by atoms with Crippen LogP contribution in [0, 0.1) is 0 Å². The van der Waals surface area contributed by atoms with E-state index >= 15 is 0 Å². The Kier molecular flexibility index (Phi) is 3.23. The maximum absolute atomic E-state index is 6.06. The molecule has 2 N–H and O–H groups in total. The minimum Gasteiger partial charge on any atom is -0.324 e. The molecule has 0 atom stereocenters. The van der Waals surface area contributed by atoms with Gasteiger partial charge in [-0.2, -0.15) is 0 Å². The molecule has 5 nitrogen and oxygen atoms in total. The predicted molar refractivity (Wildman–Crippen MR) is 67.7 cm³/mol. The summed E-state index contributed by atoms with van der Waals surface area (Å²) in [4.78, 5) is 2.36. The number of nitrogens with zero attached hydrogens (tertiary/aromatic N) is 4. The molecule has 0 bridgehead atoms. The molecule has 17 heavy (non-hydrogen) atoms. The highest BCUT2D eigenvalue weighted by Gasteiger charge is 2.25. The Bertz CT molecular complexity index is 388. The number of hydrogen-bond donors (Lipinski definition) is 1. The molecule has 1 aliphatic rings. The van der Waals surface area contributed by atoms with Gasteiger partial charge >= 0.3 is 0 Å². The molecule has 2 rings (SSSR count). The summed E-state index contributed by atoms with van der Waals surface area (Å²) >= 11 is 0. The van der Waals surface area contributed by atoms with Crippen LogP contribution in [-0.2, 0) is 13.1 Å². The molecule has 0 fully saturated rings. The van der Waals surface area contributed by atoms with E-state index in [-0.39, 0.29) is 5.54 Å². The van der Waals surface area contributed by atoms with Crippen LogP contribution in [0.15, 0.2) is 0 Å². The molecule has 0 unspecified atom stereocenters. The van der Waals surface area contributed by atoms with Gasteiger partial charge in [0.15, 0.2) is 0 Å². The highest BCUT2D eigenvalue weighted by atomic mass is 15.3. The monoisotopic (exact) mass is 237 g/mol. The first-order chi connectivity index (χ1) is 7.87. The van der Waals surface area contributed by atoms with Gasteiger partial charge in [0.25, 0.3) is 0 Å². The molecule has 1 aromatic heterocycles. The van der Waals surface area contributed by atoms with Crippen molar-refractivity contribution in [1.29, 1.82) is 0 Å². The van der Waals surface area contributed by atoms with Crippen molar-refractivity contribution in [2.45, 2.75) is 52.2 Å². The summed E-state index contributed by atoms with van der Waals surface area (Å²) in [5, 5.41) is 8.57. The third-order valence-corrected chi connectivity index (χ3v) is 3.01. The van der Waals surface area contributed by atoms with Gasteiger partial charge in [0.2, 0.25) is 0 Å². The van der Waals surface area contributed by atoms with Crippen LogP contribution in [0.25, 0.3) is 0 Å². The summed E-state index contributed by atoms with van der Waals surface area (Å²) in [7, 11) is 0. The Balaban J connectivity index is 2.10. The Morgan fingerprint density at radius 2 is 2.00 bits per heavy atom. The molecule has 0 aromatic carbocycles. The van der Waals surface area contributed by atoms with Crippen LogP contribution in [0.4, 0.5) is 0 Å². The van der Waals surface area contributed by atoms with Crippen molar-refractivity contribution in [2.75, 3.05) is 13.1 Å². The first-order valence-electron chi connectivity index (χ1n) is 6.30. The number of fused-ring (bicyclic) bond motifs is 1. The van der Waals surface area contributed by atoms with E-state index in [4.69, 9.17) is 5.73 Å². The fourth-order valence-electron chi connectivity index (χ4n) is 2.37. The van der Waals surface area contributed by atoms with Crippen LogP contribution < -0.4 is 5.73 Å². The van der Waals surface area contributed by atoms with Crippen LogP contribution in [0.5, 0.6) is 0 Å². The zero-order chi connectivity index (χ0) is 12.6. The van der Waals surface area contributed by atoms with Gasteiger partial charge in [0.1, 0.15) is 11.6 Å². The molecule has 5 heteroatoms. The second-order valence-corrected chi connectivity index (χ2v) is 5.98. The molecule has 0 saturated carbocycles. The van der Waals surface area contributed by atoms with E-state index in [9.17, 15) is 0 Å². The van der Waals surface area contributed by atoms with Crippen molar-refractivity contribution >= 4 is 0 Å². The zero-order valence-corrected chi connectivity index (χ0v) is 11.3. The van der Waals surface area contributed by atoms with E-state index in [1.165, 1.54) is 0 Å². The summed E-state index contributed by atoms with van der Waals surface area (Å²) in [6.07, 6.45) is 0. The standard InChI is InChI=1S/C12H23N5/c1-9(2)11-15-14-10-7-16(5-6-17(10)11)8-12(3,4)13/h9H,5-8,13H2,1-4H3. The van der Waals surface area contributed by atoms with E-state index in [1.54, 1.807) is 0 Å². The highest BCUT2D eigenvalue weighted by molar-refractivity contribution is 5.03. The van der Waals surface area contributed by atoms with Gasteiger partial charge in [-0.05, 0) is 13.8 Å². The fraction of sp³-hybridized carbons (Fsp3) is 0.833. The molecule has 0 saturated heterocycles. The lowest BCUT2D eigenvalue weighted by Gasteiger charge is -2.33. The number of aromatic nitrogens is 3. The third-order valence-electron chi connectivity index (χ3n) is 3.01. The molecule has 1 aromatic rings. The topological polar surface area (TPSA) is 60.0 Å². The van der Waals surface area contributed by atoms with Gasteiger partial charge in [-0.1, -0.05) is 13.8 Å². The Morgan fingerprint density at radius 1 is 1.29 bits per heavy atom. The molecular formula is C12H23N5. The lowest BCUT2D eigenvalue weighted by atomic mass is 10.1. The van der Waals surface area contributed by atoms with E-state index < -0.39 is 0 Å². The highest BCUT2D eigenvalue weighted by Crippen LogP contribution is 2.18. The SMILES string of the molecule is CC(C)c1nnc2n1CCN(CC(C)(C)N)C2. The first-order valence-corrected chi connectivity index (χ1v) is 6.30. The van der Waals surface area contributed by atoms with Gasteiger partial charge in [-0.15, -0.1) is 10.2 Å². The molecule has 1 aliphatic heterocycles. The number of rotatable bonds is 3. The third kappa shape index (κ3) is 2.84. The molecule has 0 spiro atoms. The van der Waals surface area contributed by atoms with Gasteiger partial charge in [0, 0.05) is 31.1 Å². The lowest BCUT2D eigenvalue weighted by molar-refractivity contribution is 0.180. The largest absolute Gasteiger partial charge is 0.324 e. The zero-order valence-electron chi connectivity index (χ0n) is 11.3. The number of hydrogen-bond acceptors (Lipinski definition) is 4. The minimum atomic E-state index is -0.150. The second-order valence-electron chi connectivity index (χ2n) is 5.98. The van der Waals surface area contributed by atoms with Crippen LogP contribution >= 0.6 is 0 Å². The quantitative estimate of drug-likeness (QED) is 0.850. The molecule has 0 aliphatic carbocycles. The maximum atomic E-state index is 6.06. The fourth-order valence-corrected chi connectivity index (χ4v) is 2.37. The second kappa shape index (κ2) is 4.38. The van der Waals surface area contributed by atoms with Crippen molar-refractivity contribution in [1.82, 2.24) is 19.7 Å². The van der Waals surface area contributed by atoms with Gasteiger partial charge < -0.3 is 10.3 Å². The molecule has 96 valence electrons. The maximum Gasteiger partial charge on any atom is 0.147 e. The Labute approximate surface area is 103 Å². The summed E-state index contributed by atoms with van der Waals surface area (Å²) in [6, 6.07) is 0. The summed E-state index contributed by atoms with van der Waals surface area (Å²) < 4.78 is 2.25. The minimum absolute atomic E-state index is 0.150. The predicted octanol–water partition coefficient (Wildman–Crippen LogP) is 0.954. The van der Waals surface area contributed by atoms with Gasteiger partial charge in [-0.3, -0.25) is 4.90 Å². The van der Waals surface area contributed by atoms with Gasteiger partial charge in [-0.25, -0.2) is 0 Å². The normalized spacial score (nSPS) is 17.5. The van der Waals surface area contributed by atoms with Gasteiger partial charge in [0.05, 0.1) is 6.54 Å². The van der Waals surface area contributed by atoms with Crippen molar-refractivity contribution in [3.63, 3.8) is 0 Å². The molecule has 0 radical (unpaired) electrons. The molecule has 0 amide bonds. The van der Waals surface area contributed by atoms with E-state index in [0.717, 1.165) is 37.8 Å². The van der Waals surface area contributed by atoms with Crippen LogP contribution in [0.3, 0.4) is 0 Å². The van der Waals surface area contributed by atoms with Crippen molar-refractivity contribution in [2.24, 2.45) is 5.73 Å². The summed E-state index contributed by atoms with van der Waals surface area (Å²) in [6.45, 7) is 12.2. The van der Waals surface area contributed by atoms with E-state index in [2.05, 4.69) is 47.4 Å². The first kappa shape index (κ1) is 12.5. The molecule has 2 heterocycles.